The zero-order valence-electron chi connectivity index (χ0n) is 15.6. The molecule has 1 nitrogen and oxygen atoms in total. The molecule has 0 amide bonds. The van der Waals surface area contributed by atoms with Gasteiger partial charge in [-0.3, -0.25) is 0 Å². The molecule has 1 heteroatoms. The van der Waals surface area contributed by atoms with Crippen molar-refractivity contribution in [1.29, 1.82) is 0 Å². The van der Waals surface area contributed by atoms with E-state index in [-0.39, 0.29) is 0 Å². The SMILES string of the molecule is CCCCCCCCC/C=C\C/C=C\CCCc1cccc(O)c1. The van der Waals surface area contributed by atoms with Gasteiger partial charge >= 0.3 is 0 Å². The Hall–Kier alpha value is -1.50. The molecule has 0 atom stereocenters. The summed E-state index contributed by atoms with van der Waals surface area (Å²) in [4.78, 5) is 0. The van der Waals surface area contributed by atoms with Gasteiger partial charge in [0.15, 0.2) is 0 Å². The number of benzene rings is 1. The van der Waals surface area contributed by atoms with E-state index < -0.39 is 0 Å². The van der Waals surface area contributed by atoms with Gasteiger partial charge in [0.05, 0.1) is 0 Å². The van der Waals surface area contributed by atoms with Crippen molar-refractivity contribution < 1.29 is 5.11 Å². The second-order valence-electron chi connectivity index (χ2n) is 6.65. The maximum absolute atomic E-state index is 9.42. The molecule has 0 aliphatic carbocycles. The van der Waals surface area contributed by atoms with Crippen molar-refractivity contribution in [3.05, 3.63) is 54.1 Å². The monoisotopic (exact) mass is 328 g/mol. The van der Waals surface area contributed by atoms with Gasteiger partial charge in [-0.05, 0) is 56.2 Å². The summed E-state index contributed by atoms with van der Waals surface area (Å²) >= 11 is 0. The summed E-state index contributed by atoms with van der Waals surface area (Å²) in [5.41, 5.74) is 1.22. The molecular weight excluding hydrogens is 292 g/mol. The fraction of sp³-hybridized carbons (Fsp3) is 0.565. The predicted octanol–water partition coefficient (Wildman–Crippen LogP) is 7.36. The minimum atomic E-state index is 0.370. The standard InChI is InChI=1S/C23H36O/c1-2-3-4-5-6-7-8-9-10-11-12-13-14-15-16-18-22-19-17-20-23(24)21-22/h10-11,13-14,17,19-21,24H,2-9,12,15-16,18H2,1H3/b11-10-,14-13-. The van der Waals surface area contributed by atoms with Gasteiger partial charge in [0.2, 0.25) is 0 Å². The molecule has 24 heavy (non-hydrogen) atoms. The van der Waals surface area contributed by atoms with E-state index in [1.165, 1.54) is 56.9 Å². The van der Waals surface area contributed by atoms with Gasteiger partial charge in [0.25, 0.3) is 0 Å². The van der Waals surface area contributed by atoms with E-state index >= 15 is 0 Å². The number of aromatic hydroxyl groups is 1. The Morgan fingerprint density at radius 1 is 0.792 bits per heavy atom. The van der Waals surface area contributed by atoms with Crippen LogP contribution < -0.4 is 0 Å². The first-order chi connectivity index (χ1) is 11.8. The molecule has 0 heterocycles. The molecule has 0 aliphatic rings. The third-order valence-electron chi connectivity index (χ3n) is 4.33. The van der Waals surface area contributed by atoms with E-state index in [9.17, 15) is 5.11 Å². The highest BCUT2D eigenvalue weighted by Gasteiger charge is 1.93. The third-order valence-corrected chi connectivity index (χ3v) is 4.33. The summed E-state index contributed by atoms with van der Waals surface area (Å²) in [5, 5.41) is 9.42. The highest BCUT2D eigenvalue weighted by molar-refractivity contribution is 5.27. The van der Waals surface area contributed by atoms with Gasteiger partial charge in [-0.15, -0.1) is 0 Å². The normalized spacial score (nSPS) is 11.7. The number of aryl methyl sites for hydroxylation is 1. The average molecular weight is 329 g/mol. The van der Waals surface area contributed by atoms with Gasteiger partial charge in [-0.1, -0.05) is 81.9 Å². The zero-order chi connectivity index (χ0) is 17.3. The lowest BCUT2D eigenvalue weighted by molar-refractivity contribution is 0.474. The van der Waals surface area contributed by atoms with Gasteiger partial charge < -0.3 is 5.11 Å². The number of unbranched alkanes of at least 4 members (excludes halogenated alkanes) is 8. The van der Waals surface area contributed by atoms with E-state index in [2.05, 4.69) is 37.3 Å². The molecular formula is C23H36O. The number of rotatable bonds is 14. The Morgan fingerprint density at radius 2 is 1.46 bits per heavy atom. The maximum atomic E-state index is 9.42. The molecule has 0 aromatic heterocycles. The van der Waals surface area contributed by atoms with Crippen LogP contribution >= 0.6 is 0 Å². The van der Waals surface area contributed by atoms with Crippen LogP contribution in [0, 0.1) is 0 Å². The van der Waals surface area contributed by atoms with Gasteiger partial charge in [-0.2, -0.15) is 0 Å². The lowest BCUT2D eigenvalue weighted by atomic mass is 10.1. The van der Waals surface area contributed by atoms with Crippen LogP contribution in [-0.4, -0.2) is 5.11 Å². The Balaban J connectivity index is 1.90. The molecule has 1 N–H and O–H groups in total. The molecule has 0 unspecified atom stereocenters. The smallest absolute Gasteiger partial charge is 0.115 e. The summed E-state index contributed by atoms with van der Waals surface area (Å²) in [5.74, 6) is 0.370. The van der Waals surface area contributed by atoms with Gasteiger partial charge in [-0.25, -0.2) is 0 Å². The Morgan fingerprint density at radius 3 is 2.17 bits per heavy atom. The van der Waals surface area contributed by atoms with E-state index in [1.54, 1.807) is 6.07 Å². The number of phenolic OH excluding ortho intramolecular Hbond substituents is 1. The van der Waals surface area contributed by atoms with Crippen molar-refractivity contribution in [1.82, 2.24) is 0 Å². The van der Waals surface area contributed by atoms with E-state index in [4.69, 9.17) is 0 Å². The van der Waals surface area contributed by atoms with Crippen LogP contribution in [0.15, 0.2) is 48.6 Å². The summed E-state index contributed by atoms with van der Waals surface area (Å²) < 4.78 is 0. The van der Waals surface area contributed by atoms with Crippen LogP contribution in [0.1, 0.15) is 83.1 Å². The molecule has 1 rings (SSSR count). The Kier molecular flexibility index (Phi) is 12.9. The van der Waals surface area contributed by atoms with Crippen LogP contribution in [0.3, 0.4) is 0 Å². The quantitative estimate of drug-likeness (QED) is 0.279. The molecule has 0 aliphatic heterocycles. The van der Waals surface area contributed by atoms with Crippen molar-refractivity contribution in [3.8, 4) is 5.75 Å². The minimum Gasteiger partial charge on any atom is -0.508 e. The second-order valence-corrected chi connectivity index (χ2v) is 6.65. The van der Waals surface area contributed by atoms with Crippen LogP contribution in [0.5, 0.6) is 5.75 Å². The first kappa shape index (κ1) is 20.5. The van der Waals surface area contributed by atoms with Crippen LogP contribution in [0.25, 0.3) is 0 Å². The van der Waals surface area contributed by atoms with Crippen molar-refractivity contribution in [2.24, 2.45) is 0 Å². The number of hydrogen-bond donors (Lipinski definition) is 1. The first-order valence-electron chi connectivity index (χ1n) is 9.91. The van der Waals surface area contributed by atoms with E-state index in [0.29, 0.717) is 5.75 Å². The van der Waals surface area contributed by atoms with E-state index in [1.807, 2.05) is 12.1 Å². The number of hydrogen-bond acceptors (Lipinski definition) is 1. The van der Waals surface area contributed by atoms with Crippen LogP contribution in [0.4, 0.5) is 0 Å². The third kappa shape index (κ3) is 12.0. The molecule has 134 valence electrons. The fourth-order valence-electron chi connectivity index (χ4n) is 2.86. The summed E-state index contributed by atoms with van der Waals surface area (Å²) in [7, 11) is 0. The first-order valence-corrected chi connectivity index (χ1v) is 9.91. The summed E-state index contributed by atoms with van der Waals surface area (Å²) in [6.45, 7) is 2.27. The number of phenols is 1. The molecule has 1 aromatic rings. The van der Waals surface area contributed by atoms with Crippen molar-refractivity contribution >= 4 is 0 Å². The lowest BCUT2D eigenvalue weighted by Gasteiger charge is -2.00. The maximum Gasteiger partial charge on any atom is 0.115 e. The van der Waals surface area contributed by atoms with E-state index in [0.717, 1.165) is 25.7 Å². The fourth-order valence-corrected chi connectivity index (χ4v) is 2.86. The van der Waals surface area contributed by atoms with Gasteiger partial charge in [0.1, 0.15) is 5.75 Å². The Bertz CT molecular complexity index is 459. The molecule has 1 aromatic carbocycles. The largest absolute Gasteiger partial charge is 0.508 e. The average Bonchev–Trinajstić information content (AvgIpc) is 2.58. The highest BCUT2D eigenvalue weighted by atomic mass is 16.3. The zero-order valence-corrected chi connectivity index (χ0v) is 15.6. The van der Waals surface area contributed by atoms with Crippen LogP contribution in [-0.2, 0) is 6.42 Å². The minimum absolute atomic E-state index is 0.370. The van der Waals surface area contributed by atoms with Crippen molar-refractivity contribution in [3.63, 3.8) is 0 Å². The highest BCUT2D eigenvalue weighted by Crippen LogP contribution is 2.13. The van der Waals surface area contributed by atoms with Crippen molar-refractivity contribution in [2.75, 3.05) is 0 Å². The summed E-state index contributed by atoms with van der Waals surface area (Å²) in [6.07, 6.45) is 24.5. The lowest BCUT2D eigenvalue weighted by Crippen LogP contribution is -1.83. The molecule has 0 saturated carbocycles. The molecule has 0 spiro atoms. The predicted molar refractivity (Wildman–Crippen MR) is 107 cm³/mol. The number of allylic oxidation sites excluding steroid dienone is 4. The summed E-state index contributed by atoms with van der Waals surface area (Å²) in [6, 6.07) is 7.57. The molecule has 0 saturated heterocycles. The molecule has 0 radical (unpaired) electrons. The van der Waals surface area contributed by atoms with Crippen LogP contribution in [0.2, 0.25) is 0 Å². The molecule has 0 bridgehead atoms. The molecule has 0 fully saturated rings. The second kappa shape index (κ2) is 15.1. The Labute approximate surface area is 149 Å². The topological polar surface area (TPSA) is 20.2 Å². The van der Waals surface area contributed by atoms with Crippen molar-refractivity contribution in [2.45, 2.75) is 84.0 Å². The van der Waals surface area contributed by atoms with Gasteiger partial charge in [0, 0.05) is 0 Å².